The zero-order valence-electron chi connectivity index (χ0n) is 17.9. The molecule has 1 amide bonds. The second-order valence-corrected chi connectivity index (χ2v) is 8.14. The van der Waals surface area contributed by atoms with E-state index in [0.717, 1.165) is 54.6 Å². The Kier molecular flexibility index (Phi) is 9.64. The van der Waals surface area contributed by atoms with Crippen LogP contribution in [0.2, 0.25) is 0 Å². The summed E-state index contributed by atoms with van der Waals surface area (Å²) < 4.78 is 0. The molecule has 0 fully saturated rings. The highest BCUT2D eigenvalue weighted by Crippen LogP contribution is 2.14. The number of aliphatic imine (C=N–C) groups is 1. The SMILES string of the molecule is CCNC(=NCc1cccc(NC(=O)C(C)CC)c1)NCCc1ncc(CC)s1. The van der Waals surface area contributed by atoms with Crippen molar-refractivity contribution in [3.05, 3.63) is 45.9 Å². The summed E-state index contributed by atoms with van der Waals surface area (Å²) in [6.07, 6.45) is 4.71. The molecular weight excluding hydrogens is 382 g/mol. The molecule has 0 aliphatic rings. The van der Waals surface area contributed by atoms with Crippen LogP contribution in [0.5, 0.6) is 0 Å². The number of amides is 1. The number of hydrogen-bond acceptors (Lipinski definition) is 4. The van der Waals surface area contributed by atoms with Crippen molar-refractivity contribution in [1.82, 2.24) is 15.6 Å². The predicted octanol–water partition coefficient (Wildman–Crippen LogP) is 3.99. The minimum Gasteiger partial charge on any atom is -0.357 e. The number of carbonyl (C=O) groups is 1. The minimum atomic E-state index is 0.00692. The number of nitrogens with zero attached hydrogens (tertiary/aromatic N) is 2. The Labute approximate surface area is 178 Å². The number of thiazole rings is 1. The molecular formula is C22H33N5OS. The van der Waals surface area contributed by atoms with Crippen molar-refractivity contribution < 1.29 is 4.79 Å². The number of guanidine groups is 1. The van der Waals surface area contributed by atoms with Gasteiger partial charge < -0.3 is 16.0 Å². The van der Waals surface area contributed by atoms with E-state index in [9.17, 15) is 4.79 Å². The number of carbonyl (C=O) groups excluding carboxylic acids is 1. The van der Waals surface area contributed by atoms with Gasteiger partial charge >= 0.3 is 0 Å². The molecule has 1 unspecified atom stereocenters. The van der Waals surface area contributed by atoms with Gasteiger partial charge in [-0.1, -0.05) is 32.9 Å². The Morgan fingerprint density at radius 3 is 2.76 bits per heavy atom. The Balaban J connectivity index is 1.91. The van der Waals surface area contributed by atoms with Crippen molar-refractivity contribution in [2.24, 2.45) is 10.9 Å². The fourth-order valence-corrected chi connectivity index (χ4v) is 3.49. The van der Waals surface area contributed by atoms with Crippen molar-refractivity contribution in [2.75, 3.05) is 18.4 Å². The molecule has 3 N–H and O–H groups in total. The molecule has 29 heavy (non-hydrogen) atoms. The van der Waals surface area contributed by atoms with Gasteiger partial charge in [0, 0.05) is 42.2 Å². The lowest BCUT2D eigenvalue weighted by Gasteiger charge is -2.12. The number of benzene rings is 1. The van der Waals surface area contributed by atoms with Gasteiger partial charge in [0.25, 0.3) is 0 Å². The molecule has 0 radical (unpaired) electrons. The Morgan fingerprint density at radius 1 is 1.24 bits per heavy atom. The average Bonchev–Trinajstić information content (AvgIpc) is 3.19. The van der Waals surface area contributed by atoms with E-state index in [0.29, 0.717) is 6.54 Å². The van der Waals surface area contributed by atoms with Gasteiger partial charge in [-0.25, -0.2) is 9.98 Å². The Morgan fingerprint density at radius 2 is 2.07 bits per heavy atom. The fraction of sp³-hybridized carbons (Fsp3) is 0.500. The number of aromatic nitrogens is 1. The lowest BCUT2D eigenvalue weighted by molar-refractivity contribution is -0.119. The molecule has 0 saturated heterocycles. The fourth-order valence-electron chi connectivity index (χ4n) is 2.63. The average molecular weight is 416 g/mol. The van der Waals surface area contributed by atoms with Crippen LogP contribution in [-0.4, -0.2) is 29.9 Å². The lowest BCUT2D eigenvalue weighted by Crippen LogP contribution is -2.38. The minimum absolute atomic E-state index is 0.00692. The van der Waals surface area contributed by atoms with Crippen molar-refractivity contribution >= 4 is 28.9 Å². The van der Waals surface area contributed by atoms with E-state index in [2.05, 4.69) is 39.8 Å². The van der Waals surface area contributed by atoms with Gasteiger partial charge in [0.15, 0.2) is 5.96 Å². The van der Waals surface area contributed by atoms with E-state index < -0.39 is 0 Å². The molecule has 7 heteroatoms. The van der Waals surface area contributed by atoms with E-state index in [1.165, 1.54) is 4.88 Å². The van der Waals surface area contributed by atoms with Crippen LogP contribution in [-0.2, 0) is 24.2 Å². The summed E-state index contributed by atoms with van der Waals surface area (Å²) in [5.41, 5.74) is 1.87. The van der Waals surface area contributed by atoms with E-state index in [1.807, 2.05) is 44.3 Å². The van der Waals surface area contributed by atoms with Crippen molar-refractivity contribution in [3.8, 4) is 0 Å². The van der Waals surface area contributed by atoms with Crippen molar-refractivity contribution in [3.63, 3.8) is 0 Å². The van der Waals surface area contributed by atoms with E-state index in [4.69, 9.17) is 0 Å². The molecule has 1 aromatic heterocycles. The van der Waals surface area contributed by atoms with E-state index >= 15 is 0 Å². The van der Waals surface area contributed by atoms with Gasteiger partial charge in [0.1, 0.15) is 0 Å². The van der Waals surface area contributed by atoms with Gasteiger partial charge in [-0.3, -0.25) is 4.79 Å². The molecule has 1 atom stereocenters. The van der Waals surface area contributed by atoms with E-state index in [1.54, 1.807) is 11.3 Å². The number of rotatable bonds is 10. The van der Waals surface area contributed by atoms with Crippen molar-refractivity contribution in [2.45, 2.75) is 53.5 Å². The molecule has 0 spiro atoms. The second kappa shape index (κ2) is 12.2. The topological polar surface area (TPSA) is 78.4 Å². The number of hydrogen-bond donors (Lipinski definition) is 3. The summed E-state index contributed by atoms with van der Waals surface area (Å²) in [5, 5.41) is 10.8. The van der Waals surface area contributed by atoms with Crippen LogP contribution >= 0.6 is 11.3 Å². The van der Waals surface area contributed by atoms with Gasteiger partial charge in [-0.2, -0.15) is 0 Å². The third kappa shape index (κ3) is 7.85. The second-order valence-electron chi connectivity index (χ2n) is 6.94. The quantitative estimate of drug-likeness (QED) is 0.405. The first-order valence-electron chi connectivity index (χ1n) is 10.4. The molecule has 0 bridgehead atoms. The van der Waals surface area contributed by atoms with Crippen molar-refractivity contribution in [1.29, 1.82) is 0 Å². The molecule has 1 heterocycles. The van der Waals surface area contributed by atoms with Gasteiger partial charge in [-0.05, 0) is 37.5 Å². The zero-order valence-corrected chi connectivity index (χ0v) is 18.7. The van der Waals surface area contributed by atoms with Gasteiger partial charge in [0.05, 0.1) is 11.6 Å². The van der Waals surface area contributed by atoms with Gasteiger partial charge in [0.2, 0.25) is 5.91 Å². The zero-order chi connectivity index (χ0) is 21.1. The molecule has 0 saturated carbocycles. The highest BCUT2D eigenvalue weighted by atomic mass is 32.1. The normalized spacial score (nSPS) is 12.5. The summed E-state index contributed by atoms with van der Waals surface area (Å²) >= 11 is 1.77. The summed E-state index contributed by atoms with van der Waals surface area (Å²) in [6, 6.07) is 7.86. The van der Waals surface area contributed by atoms with Crippen LogP contribution in [0.25, 0.3) is 0 Å². The third-order valence-corrected chi connectivity index (χ3v) is 5.80. The predicted molar refractivity (Wildman–Crippen MR) is 123 cm³/mol. The number of anilines is 1. The number of nitrogens with one attached hydrogen (secondary N) is 3. The molecule has 6 nitrogen and oxygen atoms in total. The summed E-state index contributed by atoms with van der Waals surface area (Å²) in [4.78, 5) is 22.6. The highest BCUT2D eigenvalue weighted by molar-refractivity contribution is 7.11. The Hall–Kier alpha value is -2.41. The maximum absolute atomic E-state index is 12.1. The molecule has 0 aliphatic heterocycles. The summed E-state index contributed by atoms with van der Waals surface area (Å²) in [5.74, 6) is 0.845. The molecule has 2 aromatic rings. The first-order chi connectivity index (χ1) is 14.0. The maximum atomic E-state index is 12.1. The third-order valence-electron chi connectivity index (χ3n) is 4.60. The van der Waals surface area contributed by atoms with Crippen LogP contribution < -0.4 is 16.0 Å². The molecule has 0 aliphatic carbocycles. The molecule has 2 rings (SSSR count). The summed E-state index contributed by atoms with van der Waals surface area (Å²) in [7, 11) is 0. The van der Waals surface area contributed by atoms with E-state index in [-0.39, 0.29) is 11.8 Å². The summed E-state index contributed by atoms with van der Waals surface area (Å²) in [6.45, 7) is 10.3. The first-order valence-corrected chi connectivity index (χ1v) is 11.2. The lowest BCUT2D eigenvalue weighted by atomic mass is 10.1. The monoisotopic (exact) mass is 415 g/mol. The largest absolute Gasteiger partial charge is 0.357 e. The standard InChI is InChI=1S/C22H33N5OS/c1-5-16(4)21(28)27-18-10-8-9-17(13-18)14-26-22(23-7-3)24-12-11-20-25-15-19(6-2)29-20/h8-10,13,15-16H,5-7,11-12,14H2,1-4H3,(H,27,28)(H2,23,24,26). The van der Waals surface area contributed by atoms with Crippen LogP contribution in [0.1, 0.15) is 49.6 Å². The number of aryl methyl sites for hydroxylation is 1. The molecule has 1 aromatic carbocycles. The van der Waals surface area contributed by atoms with Crippen LogP contribution in [0.4, 0.5) is 5.69 Å². The smallest absolute Gasteiger partial charge is 0.227 e. The molecule has 158 valence electrons. The van der Waals surface area contributed by atoms with Crippen LogP contribution in [0, 0.1) is 5.92 Å². The maximum Gasteiger partial charge on any atom is 0.227 e. The first kappa shape index (κ1) is 22.9. The van der Waals surface area contributed by atoms with Gasteiger partial charge in [-0.15, -0.1) is 11.3 Å². The van der Waals surface area contributed by atoms with Crippen LogP contribution in [0.15, 0.2) is 35.5 Å². The highest BCUT2D eigenvalue weighted by Gasteiger charge is 2.10. The Bertz CT molecular complexity index is 802. The van der Waals surface area contributed by atoms with Crippen LogP contribution in [0.3, 0.4) is 0 Å².